The van der Waals surface area contributed by atoms with Crippen LogP contribution in [0.15, 0.2) is 9.70 Å². The average Bonchev–Trinajstić information content (AvgIpc) is 3.13. The molecule has 8 heteroatoms. The van der Waals surface area contributed by atoms with E-state index in [4.69, 9.17) is 12.2 Å². The van der Waals surface area contributed by atoms with Gasteiger partial charge in [-0.2, -0.15) is 5.26 Å². The van der Waals surface area contributed by atoms with Crippen molar-refractivity contribution in [2.45, 2.75) is 90.6 Å². The summed E-state index contributed by atoms with van der Waals surface area (Å²) >= 11 is 7.00. The van der Waals surface area contributed by atoms with Crippen molar-refractivity contribution in [3.63, 3.8) is 0 Å². The normalized spacial score (nSPS) is 20.9. The van der Waals surface area contributed by atoms with Crippen molar-refractivity contribution in [1.29, 1.82) is 5.26 Å². The predicted molar refractivity (Wildman–Crippen MR) is 143 cm³/mol. The molecule has 1 aliphatic carbocycles. The maximum Gasteiger partial charge on any atom is 0.270 e. The van der Waals surface area contributed by atoms with Gasteiger partial charge in [0.2, 0.25) is 0 Å². The summed E-state index contributed by atoms with van der Waals surface area (Å²) in [6, 6.07) is 2.33. The number of pyridine rings is 1. The molecule has 0 bridgehead atoms. The molecule has 2 aliphatic heterocycles. The van der Waals surface area contributed by atoms with Crippen molar-refractivity contribution in [3.05, 3.63) is 31.9 Å². The van der Waals surface area contributed by atoms with Crippen LogP contribution in [0.25, 0.3) is 6.08 Å². The van der Waals surface area contributed by atoms with Gasteiger partial charge >= 0.3 is 0 Å². The number of anilines is 1. The van der Waals surface area contributed by atoms with Gasteiger partial charge in [0, 0.05) is 31.2 Å². The van der Waals surface area contributed by atoms with Crippen molar-refractivity contribution >= 4 is 46.1 Å². The Bertz CT molecular complexity index is 1090. The predicted octanol–water partition coefficient (Wildman–Crippen LogP) is 5.35. The molecule has 1 aromatic heterocycles. The lowest BCUT2D eigenvalue weighted by atomic mass is 9.94. The summed E-state index contributed by atoms with van der Waals surface area (Å²) in [7, 11) is 0. The smallest absolute Gasteiger partial charge is 0.270 e. The zero-order valence-corrected chi connectivity index (χ0v) is 21.9. The second-order valence-corrected chi connectivity index (χ2v) is 11.2. The molecule has 34 heavy (non-hydrogen) atoms. The molecule has 0 aromatic carbocycles. The number of thiocarbonyl (C=S) groups is 1. The van der Waals surface area contributed by atoms with Gasteiger partial charge in [0.25, 0.3) is 11.5 Å². The Morgan fingerprint density at radius 2 is 1.79 bits per heavy atom. The topological polar surface area (TPSA) is 69.3 Å². The highest BCUT2D eigenvalue weighted by molar-refractivity contribution is 8.26. The lowest BCUT2D eigenvalue weighted by Crippen LogP contribution is -2.39. The van der Waals surface area contributed by atoms with Crippen LogP contribution < -0.4 is 10.5 Å². The minimum Gasteiger partial charge on any atom is -0.357 e. The van der Waals surface area contributed by atoms with Gasteiger partial charge in [-0.05, 0) is 57.1 Å². The third kappa shape index (κ3) is 4.83. The lowest BCUT2D eigenvalue weighted by molar-refractivity contribution is -0.124. The maximum atomic E-state index is 13.5. The summed E-state index contributed by atoms with van der Waals surface area (Å²) in [5.41, 5.74) is 1.42. The first-order valence-corrected chi connectivity index (χ1v) is 13.9. The van der Waals surface area contributed by atoms with E-state index >= 15 is 0 Å². The summed E-state index contributed by atoms with van der Waals surface area (Å²) < 4.78 is 2.41. The monoisotopic (exact) mass is 498 g/mol. The Kier molecular flexibility index (Phi) is 8.15. The number of thioether (sulfide) groups is 1. The van der Waals surface area contributed by atoms with Crippen LogP contribution in [-0.2, 0) is 11.3 Å². The van der Waals surface area contributed by atoms with E-state index in [1.54, 1.807) is 4.57 Å². The third-order valence-electron chi connectivity index (χ3n) is 7.28. The fraction of sp³-hybridized carbons (Fsp3) is 0.615. The number of hydrogen-bond donors (Lipinski definition) is 0. The number of nitriles is 1. The van der Waals surface area contributed by atoms with Gasteiger partial charge in [0.15, 0.2) is 0 Å². The Hall–Kier alpha value is -2.11. The van der Waals surface area contributed by atoms with E-state index in [9.17, 15) is 14.9 Å². The first-order valence-electron chi connectivity index (χ1n) is 12.7. The quantitative estimate of drug-likeness (QED) is 0.389. The van der Waals surface area contributed by atoms with E-state index in [1.807, 2.05) is 17.9 Å². The number of amides is 1. The molecular weight excluding hydrogens is 464 g/mol. The summed E-state index contributed by atoms with van der Waals surface area (Å²) in [5, 5.41) is 9.84. The summed E-state index contributed by atoms with van der Waals surface area (Å²) in [4.78, 5) is 31.5. The fourth-order valence-corrected chi connectivity index (χ4v) is 6.76. The second-order valence-electron chi connectivity index (χ2n) is 9.55. The number of hydrogen-bond acceptors (Lipinski definition) is 6. The minimum absolute atomic E-state index is 0.0317. The van der Waals surface area contributed by atoms with Crippen LogP contribution in [0, 0.1) is 18.3 Å². The number of piperidine rings is 1. The largest absolute Gasteiger partial charge is 0.357 e. The molecule has 1 amide bonds. The highest BCUT2D eigenvalue weighted by atomic mass is 32.2. The Balaban J connectivity index is 1.83. The van der Waals surface area contributed by atoms with Gasteiger partial charge in [0.1, 0.15) is 21.8 Å². The minimum atomic E-state index is -0.221. The van der Waals surface area contributed by atoms with Gasteiger partial charge < -0.3 is 4.90 Å². The van der Waals surface area contributed by atoms with Crippen LogP contribution >= 0.6 is 24.0 Å². The number of carbonyl (C=O) groups excluding carboxylic acids is 1. The molecule has 0 unspecified atom stereocenters. The number of nitrogens with zero attached hydrogens (tertiary/aromatic N) is 4. The summed E-state index contributed by atoms with van der Waals surface area (Å²) in [6.45, 7) is 6.26. The van der Waals surface area contributed by atoms with E-state index in [1.165, 1.54) is 24.6 Å². The molecule has 4 rings (SSSR count). The highest BCUT2D eigenvalue weighted by Crippen LogP contribution is 2.39. The summed E-state index contributed by atoms with van der Waals surface area (Å²) in [6.07, 6.45) is 12.5. The van der Waals surface area contributed by atoms with Crippen molar-refractivity contribution in [2.75, 3.05) is 18.0 Å². The van der Waals surface area contributed by atoms with Gasteiger partial charge in [-0.15, -0.1) is 0 Å². The standard InChI is InChI=1S/C26H34N4O2S2/c1-3-4-15-29-23(28-13-9-6-10-14-28)20(18(2)21(17-27)24(29)31)16-22-25(32)30(26(33)34-22)19-11-7-5-8-12-19/h16,19H,3-15H2,1-2H3. The molecule has 0 N–H and O–H groups in total. The number of aromatic nitrogens is 1. The molecule has 1 saturated carbocycles. The Labute approximate surface area is 212 Å². The molecule has 2 saturated heterocycles. The molecule has 6 nitrogen and oxygen atoms in total. The van der Waals surface area contributed by atoms with Crippen molar-refractivity contribution in [1.82, 2.24) is 9.47 Å². The molecule has 3 fully saturated rings. The van der Waals surface area contributed by atoms with Crippen LogP contribution in [0.4, 0.5) is 5.82 Å². The Morgan fingerprint density at radius 3 is 2.44 bits per heavy atom. The SMILES string of the molecule is CCCCn1c(N2CCCCC2)c(C=C2SC(=S)N(C3CCCCC3)C2=O)c(C)c(C#N)c1=O. The van der Waals surface area contributed by atoms with Gasteiger partial charge in [-0.3, -0.25) is 19.1 Å². The highest BCUT2D eigenvalue weighted by Gasteiger charge is 2.38. The van der Waals surface area contributed by atoms with E-state index in [0.717, 1.165) is 75.8 Å². The van der Waals surface area contributed by atoms with Crippen molar-refractivity contribution in [2.24, 2.45) is 0 Å². The van der Waals surface area contributed by atoms with Crippen LogP contribution in [0.3, 0.4) is 0 Å². The van der Waals surface area contributed by atoms with Crippen LogP contribution in [0.2, 0.25) is 0 Å². The van der Waals surface area contributed by atoms with Gasteiger partial charge in [0.05, 0.1) is 4.91 Å². The van der Waals surface area contributed by atoms with Crippen LogP contribution in [0.1, 0.15) is 87.8 Å². The molecule has 3 heterocycles. The van der Waals surface area contributed by atoms with Gasteiger partial charge in [-0.25, -0.2) is 0 Å². The van der Waals surface area contributed by atoms with E-state index in [2.05, 4.69) is 17.9 Å². The molecule has 0 radical (unpaired) electrons. The molecule has 1 aromatic rings. The molecule has 0 spiro atoms. The van der Waals surface area contributed by atoms with E-state index < -0.39 is 0 Å². The first kappa shape index (κ1) is 25.0. The lowest BCUT2D eigenvalue weighted by Gasteiger charge is -2.33. The zero-order valence-electron chi connectivity index (χ0n) is 20.3. The molecule has 0 atom stereocenters. The van der Waals surface area contributed by atoms with Crippen molar-refractivity contribution in [3.8, 4) is 6.07 Å². The van der Waals surface area contributed by atoms with Crippen molar-refractivity contribution < 1.29 is 4.79 Å². The first-order chi connectivity index (χ1) is 16.5. The third-order valence-corrected chi connectivity index (χ3v) is 8.61. The molecule has 3 aliphatic rings. The number of rotatable bonds is 6. The maximum absolute atomic E-state index is 13.5. The Morgan fingerprint density at radius 1 is 1.12 bits per heavy atom. The van der Waals surface area contributed by atoms with E-state index in [-0.39, 0.29) is 23.1 Å². The number of carbonyl (C=O) groups is 1. The molecule has 182 valence electrons. The fourth-order valence-electron chi connectivity index (χ4n) is 5.38. The van der Waals surface area contributed by atoms with Crippen LogP contribution in [-0.4, -0.2) is 38.8 Å². The van der Waals surface area contributed by atoms with Crippen LogP contribution in [0.5, 0.6) is 0 Å². The molecular formula is C26H34N4O2S2. The zero-order chi connectivity index (χ0) is 24.2. The summed E-state index contributed by atoms with van der Waals surface area (Å²) in [5.74, 6) is 0.827. The van der Waals surface area contributed by atoms with Gasteiger partial charge in [-0.1, -0.05) is 56.6 Å². The van der Waals surface area contributed by atoms with E-state index in [0.29, 0.717) is 21.3 Å². The number of unbranched alkanes of at least 4 members (excludes halogenated alkanes) is 1. The average molecular weight is 499 g/mol. The second kappa shape index (κ2) is 11.1.